The SMILES string of the molecule is Cc1ccccc1C(c1ccccc1C)C(C)(C)P. The molecule has 0 heterocycles. The molecule has 0 aromatic heterocycles. The summed E-state index contributed by atoms with van der Waals surface area (Å²) in [6.07, 6.45) is 0. The molecule has 0 radical (unpaired) electrons. The average molecular weight is 270 g/mol. The molecule has 0 saturated heterocycles. The van der Waals surface area contributed by atoms with Crippen LogP contribution < -0.4 is 0 Å². The van der Waals surface area contributed by atoms with Gasteiger partial charge in [0.05, 0.1) is 0 Å². The first-order valence-electron chi connectivity index (χ1n) is 6.81. The van der Waals surface area contributed by atoms with Crippen molar-refractivity contribution in [2.24, 2.45) is 0 Å². The molecule has 2 aromatic rings. The second-order valence-corrected chi connectivity index (χ2v) is 7.46. The smallest absolute Gasteiger partial charge is 0.0180 e. The van der Waals surface area contributed by atoms with Crippen LogP contribution in [0.4, 0.5) is 0 Å². The zero-order valence-electron chi connectivity index (χ0n) is 12.3. The second kappa shape index (κ2) is 5.47. The molecule has 0 aliphatic rings. The van der Waals surface area contributed by atoms with E-state index in [0.29, 0.717) is 5.92 Å². The molecule has 0 fully saturated rings. The molecule has 1 heteroatoms. The molecule has 0 amide bonds. The Hall–Kier alpha value is -1.13. The van der Waals surface area contributed by atoms with Crippen molar-refractivity contribution in [1.82, 2.24) is 0 Å². The van der Waals surface area contributed by atoms with Crippen molar-refractivity contribution in [2.75, 3.05) is 0 Å². The van der Waals surface area contributed by atoms with E-state index in [0.717, 1.165) is 0 Å². The lowest BCUT2D eigenvalue weighted by Gasteiger charge is -2.33. The molecule has 2 rings (SSSR count). The predicted molar refractivity (Wildman–Crippen MR) is 88.0 cm³/mol. The zero-order valence-corrected chi connectivity index (χ0v) is 13.4. The van der Waals surface area contributed by atoms with Gasteiger partial charge in [0.1, 0.15) is 0 Å². The first-order valence-corrected chi connectivity index (χ1v) is 7.39. The molecule has 0 bridgehead atoms. The standard InChI is InChI=1S/C18H23P/c1-13-9-5-7-11-15(13)17(18(3,4)19)16-12-8-6-10-14(16)2/h5-12,17H,19H2,1-4H3. The van der Waals surface area contributed by atoms with Crippen LogP contribution in [-0.2, 0) is 0 Å². The third-order valence-corrected chi connectivity index (χ3v) is 4.08. The Morgan fingerprint density at radius 3 is 1.47 bits per heavy atom. The molecule has 19 heavy (non-hydrogen) atoms. The summed E-state index contributed by atoms with van der Waals surface area (Å²) in [7, 11) is 3.02. The fourth-order valence-corrected chi connectivity index (χ4v) is 3.15. The van der Waals surface area contributed by atoms with Gasteiger partial charge in [-0.15, -0.1) is 9.24 Å². The van der Waals surface area contributed by atoms with E-state index in [-0.39, 0.29) is 5.16 Å². The van der Waals surface area contributed by atoms with Crippen molar-refractivity contribution in [3.05, 3.63) is 70.8 Å². The van der Waals surface area contributed by atoms with Gasteiger partial charge in [0.2, 0.25) is 0 Å². The second-order valence-electron chi connectivity index (χ2n) is 5.97. The lowest BCUT2D eigenvalue weighted by molar-refractivity contribution is 0.611. The Bertz CT molecular complexity index is 518. The fourth-order valence-electron chi connectivity index (χ4n) is 2.79. The first-order chi connectivity index (χ1) is 8.91. The molecular formula is C18H23P. The minimum absolute atomic E-state index is 0.123. The summed E-state index contributed by atoms with van der Waals surface area (Å²) in [6, 6.07) is 17.5. The third-order valence-electron chi connectivity index (χ3n) is 3.74. The minimum atomic E-state index is 0.123. The van der Waals surface area contributed by atoms with Crippen molar-refractivity contribution in [2.45, 2.75) is 38.8 Å². The molecule has 1 atom stereocenters. The van der Waals surface area contributed by atoms with Crippen LogP contribution in [0.2, 0.25) is 0 Å². The van der Waals surface area contributed by atoms with Gasteiger partial charge < -0.3 is 0 Å². The van der Waals surface area contributed by atoms with Crippen molar-refractivity contribution in [1.29, 1.82) is 0 Å². The molecule has 0 aliphatic carbocycles. The molecular weight excluding hydrogens is 247 g/mol. The van der Waals surface area contributed by atoms with E-state index in [9.17, 15) is 0 Å². The largest absolute Gasteiger partial charge is 0.131 e. The highest BCUT2D eigenvalue weighted by Gasteiger charge is 2.29. The monoisotopic (exact) mass is 270 g/mol. The van der Waals surface area contributed by atoms with Gasteiger partial charge in [0, 0.05) is 5.92 Å². The normalized spacial score (nSPS) is 11.9. The van der Waals surface area contributed by atoms with E-state index in [1.165, 1.54) is 22.3 Å². The van der Waals surface area contributed by atoms with Gasteiger partial charge in [-0.1, -0.05) is 62.4 Å². The summed E-state index contributed by atoms with van der Waals surface area (Å²) in [5, 5.41) is 0.123. The lowest BCUT2D eigenvalue weighted by Crippen LogP contribution is -2.24. The Balaban J connectivity index is 2.62. The summed E-state index contributed by atoms with van der Waals surface area (Å²) >= 11 is 0. The summed E-state index contributed by atoms with van der Waals surface area (Å²) in [4.78, 5) is 0. The van der Waals surface area contributed by atoms with Crippen LogP contribution in [0.5, 0.6) is 0 Å². The molecule has 0 nitrogen and oxygen atoms in total. The van der Waals surface area contributed by atoms with Crippen LogP contribution in [0.1, 0.15) is 42.0 Å². The van der Waals surface area contributed by atoms with Crippen molar-refractivity contribution < 1.29 is 0 Å². The van der Waals surface area contributed by atoms with Gasteiger partial charge in [-0.25, -0.2) is 0 Å². The summed E-state index contributed by atoms with van der Waals surface area (Å²) in [5.41, 5.74) is 5.59. The van der Waals surface area contributed by atoms with Gasteiger partial charge in [-0.3, -0.25) is 0 Å². The topological polar surface area (TPSA) is 0 Å². The molecule has 0 aliphatic heterocycles. The Kier molecular flexibility index (Phi) is 4.11. The third kappa shape index (κ3) is 3.07. The quantitative estimate of drug-likeness (QED) is 0.681. The molecule has 0 spiro atoms. The molecule has 0 saturated carbocycles. The molecule has 2 aromatic carbocycles. The van der Waals surface area contributed by atoms with E-state index < -0.39 is 0 Å². The van der Waals surface area contributed by atoms with Crippen molar-refractivity contribution >= 4 is 9.24 Å². The van der Waals surface area contributed by atoms with Crippen LogP contribution in [0, 0.1) is 13.8 Å². The number of benzene rings is 2. The van der Waals surface area contributed by atoms with Gasteiger partial charge in [-0.05, 0) is 41.3 Å². The van der Waals surface area contributed by atoms with Crippen LogP contribution in [0.25, 0.3) is 0 Å². The zero-order chi connectivity index (χ0) is 14.0. The van der Waals surface area contributed by atoms with E-state index in [4.69, 9.17) is 0 Å². The maximum Gasteiger partial charge on any atom is 0.0180 e. The van der Waals surface area contributed by atoms with Crippen molar-refractivity contribution in [3.8, 4) is 0 Å². The summed E-state index contributed by atoms with van der Waals surface area (Å²) in [5.74, 6) is 0.403. The maximum atomic E-state index is 3.02. The average Bonchev–Trinajstić information content (AvgIpc) is 2.33. The van der Waals surface area contributed by atoms with Crippen LogP contribution in [0.3, 0.4) is 0 Å². The number of rotatable bonds is 3. The van der Waals surface area contributed by atoms with Crippen LogP contribution in [0.15, 0.2) is 48.5 Å². The Morgan fingerprint density at radius 1 is 0.789 bits per heavy atom. The van der Waals surface area contributed by atoms with Crippen molar-refractivity contribution in [3.63, 3.8) is 0 Å². The number of hydrogen-bond acceptors (Lipinski definition) is 0. The number of hydrogen-bond donors (Lipinski definition) is 0. The Morgan fingerprint density at radius 2 is 1.16 bits per heavy atom. The Labute approximate surface area is 119 Å². The summed E-state index contributed by atoms with van der Waals surface area (Å²) in [6.45, 7) is 9.00. The maximum absolute atomic E-state index is 3.02. The molecule has 100 valence electrons. The van der Waals surface area contributed by atoms with E-state index in [1.54, 1.807) is 0 Å². The predicted octanol–water partition coefficient (Wildman–Crippen LogP) is 5.09. The van der Waals surface area contributed by atoms with E-state index in [1.807, 2.05) is 0 Å². The molecule has 0 N–H and O–H groups in total. The lowest BCUT2D eigenvalue weighted by atomic mass is 9.78. The minimum Gasteiger partial charge on any atom is -0.131 e. The van der Waals surface area contributed by atoms with Gasteiger partial charge in [0.25, 0.3) is 0 Å². The van der Waals surface area contributed by atoms with Crippen LogP contribution in [-0.4, -0.2) is 5.16 Å². The van der Waals surface area contributed by atoms with E-state index >= 15 is 0 Å². The van der Waals surface area contributed by atoms with E-state index in [2.05, 4.69) is 85.5 Å². The molecule has 1 unspecified atom stereocenters. The highest BCUT2D eigenvalue weighted by atomic mass is 31.0. The van der Waals surface area contributed by atoms with Gasteiger partial charge >= 0.3 is 0 Å². The summed E-state index contributed by atoms with van der Waals surface area (Å²) < 4.78 is 0. The highest BCUT2D eigenvalue weighted by Crippen LogP contribution is 2.42. The first kappa shape index (κ1) is 14.3. The highest BCUT2D eigenvalue weighted by molar-refractivity contribution is 7.19. The fraction of sp³-hybridized carbons (Fsp3) is 0.333. The van der Waals surface area contributed by atoms with Gasteiger partial charge in [0.15, 0.2) is 0 Å². The number of aryl methyl sites for hydroxylation is 2. The van der Waals surface area contributed by atoms with Gasteiger partial charge in [-0.2, -0.15) is 0 Å². The van der Waals surface area contributed by atoms with Crippen LogP contribution >= 0.6 is 9.24 Å².